The molecule has 6 N–H and O–H groups in total. The summed E-state index contributed by atoms with van der Waals surface area (Å²) in [6.45, 7) is 8.76. The summed E-state index contributed by atoms with van der Waals surface area (Å²) in [6, 6.07) is 26.4. The number of Topliss-reactive ketones (excluding diaryl/α,β-unsaturated/α-hetero) is 3. The second-order valence-electron chi connectivity index (χ2n) is 31.4. The van der Waals surface area contributed by atoms with E-state index in [1.165, 1.54) is 49.4 Å². The van der Waals surface area contributed by atoms with Gasteiger partial charge >= 0.3 is 0 Å². The van der Waals surface area contributed by atoms with Crippen LogP contribution >= 0.6 is 0 Å². The predicted octanol–water partition coefficient (Wildman–Crippen LogP) is 13.8. The van der Waals surface area contributed by atoms with Crippen LogP contribution in [0.1, 0.15) is 139 Å². The van der Waals surface area contributed by atoms with Crippen LogP contribution in [0.4, 0.5) is 0 Å². The maximum Gasteiger partial charge on any atom is 0.166 e. The predicted molar refractivity (Wildman–Crippen MR) is 382 cm³/mol. The molecule has 0 radical (unpaired) electrons. The van der Waals surface area contributed by atoms with Crippen LogP contribution in [0.15, 0.2) is 191 Å². The monoisotopic (exact) mass is 1330 g/mol. The van der Waals surface area contributed by atoms with Crippen molar-refractivity contribution < 1.29 is 42.8 Å². The fourth-order valence-electron chi connectivity index (χ4n) is 20.9. The highest BCUT2D eigenvalue weighted by atomic mass is 16.5. The molecule has 514 valence electrons. The zero-order chi connectivity index (χ0) is 68.2. The molecule has 3 unspecified atom stereocenters. The molecule has 3 aliphatic heterocycles. The average Bonchev–Trinajstić information content (AvgIpc) is 1.70. The van der Waals surface area contributed by atoms with Crippen LogP contribution in [0.5, 0.6) is 0 Å². The molecule has 0 bridgehead atoms. The van der Waals surface area contributed by atoms with Gasteiger partial charge < -0.3 is 45.6 Å². The molecule has 3 aromatic carbocycles. The Labute approximate surface area is 580 Å². The summed E-state index contributed by atoms with van der Waals surface area (Å²) in [7, 11) is 5.50. The van der Waals surface area contributed by atoms with Gasteiger partial charge in [0, 0.05) is 154 Å². The van der Waals surface area contributed by atoms with Gasteiger partial charge in [-0.15, -0.1) is 0 Å². The molecular weight excluding hydrogens is 1240 g/mol. The first-order chi connectivity index (χ1) is 48.0. The van der Waals surface area contributed by atoms with Gasteiger partial charge in [-0.1, -0.05) is 81.5 Å². The van der Waals surface area contributed by atoms with E-state index >= 15 is 0 Å². The fourth-order valence-corrected chi connectivity index (χ4v) is 20.9. The summed E-state index contributed by atoms with van der Waals surface area (Å²) >= 11 is 0. The summed E-state index contributed by atoms with van der Waals surface area (Å²) in [5, 5.41) is 7.11. The maximum absolute atomic E-state index is 12.7. The molecule has 0 saturated heterocycles. The van der Waals surface area contributed by atoms with Gasteiger partial charge in [0.25, 0.3) is 0 Å². The molecule has 15 heteroatoms. The number of pyridine rings is 3. The van der Waals surface area contributed by atoms with Crippen LogP contribution in [-0.4, -0.2) is 110 Å². The van der Waals surface area contributed by atoms with Crippen LogP contribution in [0.2, 0.25) is 0 Å². The van der Waals surface area contributed by atoms with E-state index in [0.717, 1.165) is 115 Å². The number of methoxy groups -OCH3 is 3. The number of nitrogens with zero attached hydrogens (tertiary/aromatic N) is 3. The third-order valence-corrected chi connectivity index (χ3v) is 26.3. The lowest BCUT2D eigenvalue weighted by Crippen LogP contribution is -2.44. The first kappa shape index (κ1) is 65.8. The number of benzene rings is 3. The Hall–Kier alpha value is -7.76. The summed E-state index contributed by atoms with van der Waals surface area (Å²) < 4.78 is 38.3. The Balaban J connectivity index is 0.000000116. The van der Waals surface area contributed by atoms with Crippen LogP contribution in [0, 0.1) is 51.8 Å². The standard InChI is InChI=1S/C28H32N2O3.C28H30N2O3.C28H32N2O3/c2*1-28-7-5-19-12-21-23(31)9-16(14-29)10-24(21)33-27(19)22(28)13-25(32-2)26(28)18-3-4-20-15-30-8-6-17(20)11-18;1-28-7-5-19-12-21-23(31)9-16(14-29)10-24(21)33-27(19)22(28)13-25(32-2)26(28)18-4-3-17-6-8-30-15-20(17)11-18/h3-4,6,8,11-12,15-16,22,25-27H,5,7,9-10,13-14,29H2,1-2H3;3-8,11-12,15-16,22,25-27H,9-10,13-14,29H2,1-2H3;3-4,6,8,11-12,15-16,22,25-27H,5,7,9-10,13-14,29H2,1-2H3/t3*16?,22-,25+,26-,27+,28-/m000/s1. The minimum atomic E-state index is -0.118. The van der Waals surface area contributed by atoms with Crippen molar-refractivity contribution in [2.24, 2.45) is 69.0 Å². The molecule has 5 saturated carbocycles. The summed E-state index contributed by atoms with van der Waals surface area (Å²) in [5.41, 5.74) is 27.7. The first-order valence-corrected chi connectivity index (χ1v) is 36.3. The lowest BCUT2D eigenvalue weighted by atomic mass is 9.61. The Morgan fingerprint density at radius 2 is 0.848 bits per heavy atom. The van der Waals surface area contributed by atoms with Gasteiger partial charge in [0.1, 0.15) is 35.6 Å². The SMILES string of the molecule is CO[C@@H]1C[C@H]2[C@@H]3OC4=C(C=C3C=C[C@]2(C)[C@H]1c1ccc2cnccc2c1)C(=O)CC(CN)C4.CO[C@@H]1C[C@H]2[C@@H]3OC4=C(C=C3CC[C@]2(C)[C@H]1c1ccc2ccncc2c1)C(=O)CC(CN)C4.CO[C@@H]1C[C@H]2[C@@H]3OC4=C(C=C3CC[C@]2(C)[C@H]1c1ccc2cnccc2c1)C(=O)CC(CN)C4. The summed E-state index contributed by atoms with van der Waals surface area (Å²) in [5.74, 6) is 5.44. The average molecular weight is 1330 g/mol. The van der Waals surface area contributed by atoms with Gasteiger partial charge in [0.15, 0.2) is 17.3 Å². The lowest BCUT2D eigenvalue weighted by molar-refractivity contribution is -0.118. The Bertz CT molecular complexity index is 4300. The van der Waals surface area contributed by atoms with Crippen LogP contribution in [0.3, 0.4) is 0 Å². The van der Waals surface area contributed by atoms with Gasteiger partial charge in [-0.2, -0.15) is 0 Å². The van der Waals surface area contributed by atoms with E-state index in [1.54, 1.807) is 0 Å². The van der Waals surface area contributed by atoms with Gasteiger partial charge in [0.05, 0.1) is 35.0 Å². The lowest BCUT2D eigenvalue weighted by Gasteiger charge is -2.48. The highest BCUT2D eigenvalue weighted by Gasteiger charge is 2.62. The molecule has 6 heterocycles. The number of carbonyl (C=O) groups excluding carboxylic acids is 3. The molecule has 0 amide bonds. The van der Waals surface area contributed by atoms with Crippen LogP contribution in [-0.2, 0) is 42.8 Å². The third-order valence-electron chi connectivity index (χ3n) is 26.3. The van der Waals surface area contributed by atoms with E-state index in [4.69, 9.17) is 45.6 Å². The second kappa shape index (κ2) is 26.0. The number of hydrogen-bond donors (Lipinski definition) is 3. The first-order valence-electron chi connectivity index (χ1n) is 36.3. The third kappa shape index (κ3) is 11.2. The van der Waals surface area contributed by atoms with E-state index in [9.17, 15) is 14.4 Å². The Morgan fingerprint density at radius 3 is 1.31 bits per heavy atom. The molecule has 99 heavy (non-hydrogen) atoms. The van der Waals surface area contributed by atoms with Crippen molar-refractivity contribution >= 4 is 49.7 Å². The molecule has 9 aliphatic carbocycles. The number of nitrogens with two attached hydrogens (primary N) is 3. The highest BCUT2D eigenvalue weighted by Crippen LogP contribution is 2.66. The topological polar surface area (TPSA) is 223 Å². The van der Waals surface area contributed by atoms with Crippen molar-refractivity contribution in [1.82, 2.24) is 15.0 Å². The zero-order valence-corrected chi connectivity index (χ0v) is 58.0. The van der Waals surface area contributed by atoms with Crippen LogP contribution in [0.25, 0.3) is 32.3 Å². The Kier molecular flexibility index (Phi) is 17.3. The second-order valence-corrected chi connectivity index (χ2v) is 31.4. The quantitative estimate of drug-likeness (QED) is 0.122. The highest BCUT2D eigenvalue weighted by molar-refractivity contribution is 6.01. The van der Waals surface area contributed by atoms with E-state index < -0.39 is 0 Å². The number of hydrogen-bond acceptors (Lipinski definition) is 15. The van der Waals surface area contributed by atoms with Crippen molar-refractivity contribution in [3.63, 3.8) is 0 Å². The van der Waals surface area contributed by atoms with Crippen molar-refractivity contribution in [2.75, 3.05) is 41.0 Å². The van der Waals surface area contributed by atoms with E-state index in [2.05, 4.69) is 139 Å². The van der Waals surface area contributed by atoms with Gasteiger partial charge in [-0.25, -0.2) is 0 Å². The molecule has 18 rings (SSSR count). The van der Waals surface area contributed by atoms with Crippen LogP contribution < -0.4 is 17.2 Å². The van der Waals surface area contributed by atoms with Crippen molar-refractivity contribution in [3.8, 4) is 0 Å². The minimum Gasteiger partial charge on any atom is -0.489 e. The molecule has 12 aliphatic rings. The van der Waals surface area contributed by atoms with E-state index in [-0.39, 0.29) is 99.8 Å². The van der Waals surface area contributed by atoms with E-state index in [1.807, 2.05) is 58.5 Å². The number of fused-ring (bicyclic) bond motifs is 12. The molecule has 6 aromatic rings. The zero-order valence-electron chi connectivity index (χ0n) is 58.0. The van der Waals surface area contributed by atoms with Crippen molar-refractivity contribution in [1.29, 1.82) is 0 Å². The van der Waals surface area contributed by atoms with Crippen molar-refractivity contribution in [3.05, 3.63) is 208 Å². The molecule has 0 spiro atoms. The number of allylic oxidation sites excluding steroid dienone is 10. The van der Waals surface area contributed by atoms with Gasteiger partial charge in [-0.05, 0) is 185 Å². The minimum absolute atomic E-state index is 0.0246. The number of carbonyl (C=O) groups is 3. The summed E-state index contributed by atoms with van der Waals surface area (Å²) in [6.07, 6.45) is 33.4. The fraction of sp³-hybridized carbons (Fsp3) is 0.476. The molecular formula is C84H94N6O9. The van der Waals surface area contributed by atoms with Crippen molar-refractivity contribution in [2.45, 2.75) is 159 Å². The molecule has 3 aromatic heterocycles. The van der Waals surface area contributed by atoms with E-state index in [0.29, 0.717) is 62.6 Å². The normalized spacial score (nSPS) is 35.4. The van der Waals surface area contributed by atoms with Gasteiger partial charge in [-0.3, -0.25) is 29.3 Å². The smallest absolute Gasteiger partial charge is 0.166 e. The molecule has 5 fully saturated rings. The number of aromatic nitrogens is 3. The maximum atomic E-state index is 12.7. The number of ether oxygens (including phenoxy) is 6. The largest absolute Gasteiger partial charge is 0.489 e. The van der Waals surface area contributed by atoms with Gasteiger partial charge in [0.2, 0.25) is 0 Å². The molecule has 18 atom stereocenters. The summed E-state index contributed by atoms with van der Waals surface area (Å²) in [4.78, 5) is 51.0. The number of ketones is 3. The Morgan fingerprint density at radius 1 is 0.455 bits per heavy atom. The number of rotatable bonds is 9. The molecule has 15 nitrogen and oxygen atoms in total.